The molecule has 5 nitrogen and oxygen atoms in total. The Kier molecular flexibility index (Phi) is 5.66. The zero-order chi connectivity index (χ0) is 18.7. The molecule has 142 valence electrons. The summed E-state index contributed by atoms with van der Waals surface area (Å²) in [6.07, 6.45) is 5.74. The maximum absolute atomic E-state index is 13.4. The van der Waals surface area contributed by atoms with E-state index in [0.29, 0.717) is 5.56 Å². The number of amides is 2. The van der Waals surface area contributed by atoms with Crippen LogP contribution in [0, 0.1) is 0 Å². The average molecular weight is 358 g/mol. The van der Waals surface area contributed by atoms with E-state index in [-0.39, 0.29) is 24.5 Å². The molecule has 1 atom stereocenters. The molecule has 3 rings (SSSR count). The predicted molar refractivity (Wildman–Crippen MR) is 101 cm³/mol. The van der Waals surface area contributed by atoms with Gasteiger partial charge in [-0.1, -0.05) is 25.5 Å². The molecule has 2 fully saturated rings. The number of hydrogen-bond donors (Lipinski definition) is 1. The van der Waals surface area contributed by atoms with Crippen LogP contribution in [0.25, 0.3) is 0 Å². The van der Waals surface area contributed by atoms with Crippen LogP contribution in [0.5, 0.6) is 0 Å². The number of carbonyl (C=O) groups is 2. The molecule has 1 N–H and O–H groups in total. The van der Waals surface area contributed by atoms with Crippen molar-refractivity contribution < 1.29 is 14.3 Å². The van der Waals surface area contributed by atoms with Gasteiger partial charge in [-0.25, -0.2) is 0 Å². The molecular formula is C21H30N2O3. The average Bonchev–Trinajstić information content (AvgIpc) is 3.00. The van der Waals surface area contributed by atoms with Gasteiger partial charge in [0, 0.05) is 11.6 Å². The Morgan fingerprint density at radius 2 is 1.85 bits per heavy atom. The summed E-state index contributed by atoms with van der Waals surface area (Å²) in [5, 5.41) is 2.95. The fraction of sp³-hybridized carbons (Fsp3) is 0.619. The molecule has 1 spiro atoms. The summed E-state index contributed by atoms with van der Waals surface area (Å²) in [7, 11) is 0. The molecule has 1 aromatic carbocycles. The van der Waals surface area contributed by atoms with Gasteiger partial charge in [-0.05, 0) is 63.6 Å². The van der Waals surface area contributed by atoms with E-state index in [9.17, 15) is 9.59 Å². The van der Waals surface area contributed by atoms with Crippen molar-refractivity contribution in [2.24, 2.45) is 0 Å². The second-order valence-electron chi connectivity index (χ2n) is 7.72. The predicted octanol–water partition coefficient (Wildman–Crippen LogP) is 3.28. The first kappa shape index (κ1) is 18.9. The smallest absolute Gasteiger partial charge is 0.256 e. The van der Waals surface area contributed by atoms with E-state index in [1.807, 2.05) is 38.1 Å². The fourth-order valence-electron chi connectivity index (χ4n) is 4.07. The van der Waals surface area contributed by atoms with E-state index in [4.69, 9.17) is 4.74 Å². The summed E-state index contributed by atoms with van der Waals surface area (Å²) in [4.78, 5) is 27.9. The van der Waals surface area contributed by atoms with Crippen LogP contribution in [0.2, 0.25) is 0 Å². The summed E-state index contributed by atoms with van der Waals surface area (Å²) in [6.45, 7) is 6.23. The highest BCUT2D eigenvalue weighted by Crippen LogP contribution is 2.41. The van der Waals surface area contributed by atoms with E-state index in [2.05, 4.69) is 12.2 Å². The third-order valence-corrected chi connectivity index (χ3v) is 5.46. The molecular weight excluding hydrogens is 328 g/mol. The van der Waals surface area contributed by atoms with Crippen molar-refractivity contribution in [3.05, 3.63) is 35.4 Å². The van der Waals surface area contributed by atoms with Crippen molar-refractivity contribution in [1.82, 2.24) is 10.2 Å². The molecule has 1 saturated heterocycles. The van der Waals surface area contributed by atoms with Crippen molar-refractivity contribution in [2.75, 3.05) is 6.61 Å². The Morgan fingerprint density at radius 3 is 2.42 bits per heavy atom. The maximum Gasteiger partial charge on any atom is 0.256 e. The van der Waals surface area contributed by atoms with Crippen molar-refractivity contribution in [3.63, 3.8) is 0 Å². The fourth-order valence-corrected chi connectivity index (χ4v) is 4.07. The topological polar surface area (TPSA) is 58.6 Å². The van der Waals surface area contributed by atoms with Crippen LogP contribution in [0.15, 0.2) is 24.3 Å². The number of nitrogens with zero attached hydrogens (tertiary/aromatic N) is 1. The molecule has 1 heterocycles. The standard InChI is InChI=1S/C21H30N2O3/c1-4-16-8-10-17(11-9-16)20(25)23-18(19(24)22-15(2)3)14-26-21(23)12-6-5-7-13-21/h8-11,15,18H,4-7,12-14H2,1-3H3,(H,22,24)/t18-/m0/s1. The number of carbonyl (C=O) groups excluding carboxylic acids is 2. The second-order valence-corrected chi connectivity index (χ2v) is 7.72. The maximum atomic E-state index is 13.4. The Bertz CT molecular complexity index is 648. The van der Waals surface area contributed by atoms with Gasteiger partial charge in [0.15, 0.2) is 0 Å². The summed E-state index contributed by atoms with van der Waals surface area (Å²) >= 11 is 0. The van der Waals surface area contributed by atoms with Gasteiger partial charge in [0.2, 0.25) is 5.91 Å². The quantitative estimate of drug-likeness (QED) is 0.899. The molecule has 5 heteroatoms. The van der Waals surface area contributed by atoms with Crippen molar-refractivity contribution in [3.8, 4) is 0 Å². The lowest BCUT2D eigenvalue weighted by Crippen LogP contribution is -2.57. The van der Waals surface area contributed by atoms with Gasteiger partial charge in [-0.3, -0.25) is 14.5 Å². The van der Waals surface area contributed by atoms with Crippen LogP contribution >= 0.6 is 0 Å². The van der Waals surface area contributed by atoms with Gasteiger partial charge < -0.3 is 10.1 Å². The molecule has 0 bridgehead atoms. The van der Waals surface area contributed by atoms with Gasteiger partial charge in [0.05, 0.1) is 6.61 Å². The Labute approximate surface area is 156 Å². The van der Waals surface area contributed by atoms with Crippen LogP contribution in [0.1, 0.15) is 68.8 Å². The van der Waals surface area contributed by atoms with Crippen molar-refractivity contribution in [2.45, 2.75) is 77.1 Å². The number of nitrogens with one attached hydrogen (secondary N) is 1. The second kappa shape index (κ2) is 7.78. The number of aryl methyl sites for hydroxylation is 1. The Morgan fingerprint density at radius 1 is 1.19 bits per heavy atom. The molecule has 2 amide bonds. The normalized spacial score (nSPS) is 22.0. The van der Waals surface area contributed by atoms with Crippen LogP contribution in [-0.4, -0.2) is 41.1 Å². The lowest BCUT2D eigenvalue weighted by molar-refractivity contribution is -0.127. The molecule has 1 aromatic rings. The highest BCUT2D eigenvalue weighted by molar-refractivity contribution is 5.98. The summed E-state index contributed by atoms with van der Waals surface area (Å²) in [5.41, 5.74) is 1.19. The SMILES string of the molecule is CCc1ccc(C(=O)N2[C@H](C(=O)NC(C)C)COC23CCCCC3)cc1. The minimum atomic E-state index is -0.627. The van der Waals surface area contributed by atoms with Gasteiger partial charge in [-0.2, -0.15) is 0 Å². The third kappa shape index (κ3) is 3.63. The van der Waals surface area contributed by atoms with Gasteiger partial charge in [0.1, 0.15) is 11.8 Å². The molecule has 26 heavy (non-hydrogen) atoms. The largest absolute Gasteiger partial charge is 0.353 e. The molecule has 0 unspecified atom stereocenters. The molecule has 0 aromatic heterocycles. The highest BCUT2D eigenvalue weighted by Gasteiger charge is 2.52. The van der Waals surface area contributed by atoms with Crippen LogP contribution < -0.4 is 5.32 Å². The van der Waals surface area contributed by atoms with E-state index >= 15 is 0 Å². The van der Waals surface area contributed by atoms with Crippen LogP contribution in [0.4, 0.5) is 0 Å². The molecule has 0 radical (unpaired) electrons. The van der Waals surface area contributed by atoms with E-state index in [0.717, 1.165) is 38.5 Å². The Hall–Kier alpha value is -1.88. The van der Waals surface area contributed by atoms with Gasteiger partial charge >= 0.3 is 0 Å². The third-order valence-electron chi connectivity index (χ3n) is 5.46. The first-order valence-electron chi connectivity index (χ1n) is 9.84. The van der Waals surface area contributed by atoms with E-state index in [1.54, 1.807) is 4.90 Å². The molecule has 1 aliphatic heterocycles. The van der Waals surface area contributed by atoms with Crippen molar-refractivity contribution >= 4 is 11.8 Å². The molecule has 1 saturated carbocycles. The first-order chi connectivity index (χ1) is 12.5. The van der Waals surface area contributed by atoms with Gasteiger partial charge in [0.25, 0.3) is 5.91 Å². The first-order valence-corrected chi connectivity index (χ1v) is 9.84. The molecule has 1 aliphatic carbocycles. The number of ether oxygens (including phenoxy) is 1. The zero-order valence-electron chi connectivity index (χ0n) is 16.1. The lowest BCUT2D eigenvalue weighted by atomic mass is 9.89. The number of hydrogen-bond acceptors (Lipinski definition) is 3. The van der Waals surface area contributed by atoms with Crippen LogP contribution in [0.3, 0.4) is 0 Å². The summed E-state index contributed by atoms with van der Waals surface area (Å²) < 4.78 is 6.14. The summed E-state index contributed by atoms with van der Waals surface area (Å²) in [6, 6.07) is 7.18. The van der Waals surface area contributed by atoms with Gasteiger partial charge in [-0.15, -0.1) is 0 Å². The van der Waals surface area contributed by atoms with E-state index in [1.165, 1.54) is 5.56 Å². The van der Waals surface area contributed by atoms with E-state index < -0.39 is 11.8 Å². The number of benzene rings is 1. The minimum Gasteiger partial charge on any atom is -0.353 e. The molecule has 2 aliphatic rings. The van der Waals surface area contributed by atoms with Crippen LogP contribution in [-0.2, 0) is 16.0 Å². The monoisotopic (exact) mass is 358 g/mol. The summed E-state index contributed by atoms with van der Waals surface area (Å²) in [5.74, 6) is -0.225. The lowest BCUT2D eigenvalue weighted by Gasteiger charge is -2.41. The van der Waals surface area contributed by atoms with Crippen molar-refractivity contribution in [1.29, 1.82) is 0 Å². The Balaban J connectivity index is 1.91. The zero-order valence-corrected chi connectivity index (χ0v) is 16.1. The number of rotatable bonds is 4. The highest BCUT2D eigenvalue weighted by atomic mass is 16.5. The minimum absolute atomic E-state index is 0.0335.